The SMILES string of the molecule is C[C@H](NC(=O)C(C)(N)c1ccccc1)c1cccs1. The molecule has 0 saturated carbocycles. The first-order valence-corrected chi connectivity index (χ1v) is 7.08. The molecular weight excluding hydrogens is 256 g/mol. The van der Waals surface area contributed by atoms with Crippen molar-refractivity contribution in [1.29, 1.82) is 0 Å². The smallest absolute Gasteiger partial charge is 0.244 e. The molecule has 1 aromatic heterocycles. The molecular formula is C15H18N2OS. The highest BCUT2D eigenvalue weighted by Crippen LogP contribution is 2.22. The Hall–Kier alpha value is -1.65. The Bertz CT molecular complexity index is 535. The molecule has 0 aliphatic heterocycles. The van der Waals surface area contributed by atoms with Crippen LogP contribution in [0.5, 0.6) is 0 Å². The zero-order chi connectivity index (χ0) is 13.9. The summed E-state index contributed by atoms with van der Waals surface area (Å²) in [5, 5.41) is 4.96. The molecule has 0 aliphatic carbocycles. The second kappa shape index (κ2) is 5.55. The summed E-state index contributed by atoms with van der Waals surface area (Å²) in [7, 11) is 0. The first kappa shape index (κ1) is 13.8. The van der Waals surface area contributed by atoms with E-state index in [4.69, 9.17) is 5.73 Å². The van der Waals surface area contributed by atoms with Crippen LogP contribution >= 0.6 is 11.3 Å². The molecule has 1 heterocycles. The Morgan fingerprint density at radius 1 is 1.26 bits per heavy atom. The van der Waals surface area contributed by atoms with Crippen molar-refractivity contribution in [1.82, 2.24) is 5.32 Å². The number of benzene rings is 1. The van der Waals surface area contributed by atoms with E-state index in [-0.39, 0.29) is 11.9 Å². The van der Waals surface area contributed by atoms with Crippen molar-refractivity contribution in [2.75, 3.05) is 0 Å². The molecule has 2 atom stereocenters. The average Bonchev–Trinajstić information content (AvgIpc) is 2.93. The summed E-state index contributed by atoms with van der Waals surface area (Å²) >= 11 is 1.62. The number of carbonyl (C=O) groups is 1. The molecule has 0 fully saturated rings. The molecule has 3 nitrogen and oxygen atoms in total. The van der Waals surface area contributed by atoms with Crippen LogP contribution in [0.1, 0.15) is 30.3 Å². The number of hydrogen-bond acceptors (Lipinski definition) is 3. The fraction of sp³-hybridized carbons (Fsp3) is 0.267. The fourth-order valence-electron chi connectivity index (χ4n) is 1.87. The number of rotatable bonds is 4. The van der Waals surface area contributed by atoms with Crippen molar-refractivity contribution in [3.63, 3.8) is 0 Å². The number of amides is 1. The maximum atomic E-state index is 12.3. The minimum absolute atomic E-state index is 0.0286. The van der Waals surface area contributed by atoms with Gasteiger partial charge in [-0.25, -0.2) is 0 Å². The Kier molecular flexibility index (Phi) is 4.02. The standard InChI is InChI=1S/C15H18N2OS/c1-11(13-9-6-10-19-13)17-14(18)15(2,16)12-7-4-3-5-8-12/h3-11H,16H2,1-2H3,(H,17,18)/t11-,15?/m0/s1. The van der Waals surface area contributed by atoms with E-state index in [0.717, 1.165) is 10.4 Å². The molecule has 4 heteroatoms. The van der Waals surface area contributed by atoms with Crippen LogP contribution in [0.25, 0.3) is 0 Å². The van der Waals surface area contributed by atoms with Crippen LogP contribution in [0.3, 0.4) is 0 Å². The van der Waals surface area contributed by atoms with Gasteiger partial charge in [-0.15, -0.1) is 11.3 Å². The van der Waals surface area contributed by atoms with Crippen molar-refractivity contribution < 1.29 is 4.79 Å². The van der Waals surface area contributed by atoms with Crippen LogP contribution in [0.2, 0.25) is 0 Å². The Morgan fingerprint density at radius 3 is 2.53 bits per heavy atom. The van der Waals surface area contributed by atoms with E-state index >= 15 is 0 Å². The maximum Gasteiger partial charge on any atom is 0.244 e. The Balaban J connectivity index is 2.11. The van der Waals surface area contributed by atoms with Crippen molar-refractivity contribution in [3.8, 4) is 0 Å². The molecule has 0 radical (unpaired) electrons. The molecule has 0 aliphatic rings. The van der Waals surface area contributed by atoms with Crippen LogP contribution in [-0.2, 0) is 10.3 Å². The third-order valence-corrected chi connectivity index (χ3v) is 4.22. The lowest BCUT2D eigenvalue weighted by Crippen LogP contribution is -2.49. The zero-order valence-corrected chi connectivity index (χ0v) is 11.9. The largest absolute Gasteiger partial charge is 0.347 e. The molecule has 2 aromatic rings. The molecule has 3 N–H and O–H groups in total. The number of hydrogen-bond donors (Lipinski definition) is 2. The van der Waals surface area contributed by atoms with Crippen molar-refractivity contribution in [3.05, 3.63) is 58.3 Å². The number of nitrogens with one attached hydrogen (secondary N) is 1. The van der Waals surface area contributed by atoms with Crippen LogP contribution in [0.4, 0.5) is 0 Å². The lowest BCUT2D eigenvalue weighted by atomic mass is 9.92. The maximum absolute atomic E-state index is 12.3. The van der Waals surface area contributed by atoms with Crippen LogP contribution in [-0.4, -0.2) is 5.91 Å². The Labute approximate surface area is 117 Å². The summed E-state index contributed by atoms with van der Waals surface area (Å²) in [6, 6.07) is 13.4. The molecule has 0 saturated heterocycles. The van der Waals surface area contributed by atoms with Gasteiger partial charge >= 0.3 is 0 Å². The number of thiophene rings is 1. The highest BCUT2D eigenvalue weighted by atomic mass is 32.1. The fourth-order valence-corrected chi connectivity index (χ4v) is 2.61. The lowest BCUT2D eigenvalue weighted by molar-refractivity contribution is -0.126. The molecule has 1 unspecified atom stereocenters. The van der Waals surface area contributed by atoms with Gasteiger partial charge in [0, 0.05) is 4.88 Å². The summed E-state index contributed by atoms with van der Waals surface area (Å²) in [6.07, 6.45) is 0. The second-order valence-electron chi connectivity index (χ2n) is 4.78. The van der Waals surface area contributed by atoms with Gasteiger partial charge in [0.2, 0.25) is 5.91 Å². The van der Waals surface area contributed by atoms with E-state index < -0.39 is 5.54 Å². The predicted molar refractivity (Wildman–Crippen MR) is 78.9 cm³/mol. The first-order valence-electron chi connectivity index (χ1n) is 6.20. The molecule has 1 aromatic carbocycles. The quantitative estimate of drug-likeness (QED) is 0.900. The normalized spacial score (nSPS) is 15.5. The van der Waals surface area contributed by atoms with Gasteiger partial charge in [0.15, 0.2) is 0 Å². The minimum atomic E-state index is -1.02. The molecule has 1 amide bonds. The summed E-state index contributed by atoms with van der Waals surface area (Å²) in [4.78, 5) is 13.5. The zero-order valence-electron chi connectivity index (χ0n) is 11.1. The third kappa shape index (κ3) is 3.03. The Morgan fingerprint density at radius 2 is 1.95 bits per heavy atom. The summed E-state index contributed by atoms with van der Waals surface area (Å²) in [5.41, 5.74) is 5.96. The van der Waals surface area contributed by atoms with Gasteiger partial charge in [-0.05, 0) is 30.9 Å². The summed E-state index contributed by atoms with van der Waals surface area (Å²) in [6.45, 7) is 3.70. The number of nitrogens with two attached hydrogens (primary N) is 1. The molecule has 100 valence electrons. The monoisotopic (exact) mass is 274 g/mol. The van der Waals surface area contributed by atoms with Crippen molar-refractivity contribution >= 4 is 17.2 Å². The van der Waals surface area contributed by atoms with Gasteiger partial charge in [0.1, 0.15) is 5.54 Å². The van der Waals surface area contributed by atoms with E-state index in [2.05, 4.69) is 5.32 Å². The van der Waals surface area contributed by atoms with Gasteiger partial charge in [-0.2, -0.15) is 0 Å². The van der Waals surface area contributed by atoms with Crippen molar-refractivity contribution in [2.24, 2.45) is 5.73 Å². The van der Waals surface area contributed by atoms with Crippen LogP contribution in [0.15, 0.2) is 47.8 Å². The first-order chi connectivity index (χ1) is 9.01. The third-order valence-electron chi connectivity index (χ3n) is 3.16. The van der Waals surface area contributed by atoms with E-state index in [0.29, 0.717) is 0 Å². The van der Waals surface area contributed by atoms with E-state index in [9.17, 15) is 4.79 Å². The van der Waals surface area contributed by atoms with Gasteiger partial charge in [0.05, 0.1) is 6.04 Å². The average molecular weight is 274 g/mol. The van der Waals surface area contributed by atoms with Crippen LogP contribution < -0.4 is 11.1 Å². The molecule has 2 rings (SSSR count). The molecule has 19 heavy (non-hydrogen) atoms. The summed E-state index contributed by atoms with van der Waals surface area (Å²) in [5.74, 6) is -0.167. The van der Waals surface area contributed by atoms with Crippen LogP contribution in [0, 0.1) is 0 Å². The van der Waals surface area contributed by atoms with Crippen molar-refractivity contribution in [2.45, 2.75) is 25.4 Å². The van der Waals surface area contributed by atoms with E-state index in [1.165, 1.54) is 0 Å². The van der Waals surface area contributed by atoms with E-state index in [1.54, 1.807) is 18.3 Å². The summed E-state index contributed by atoms with van der Waals surface area (Å²) < 4.78 is 0. The van der Waals surface area contributed by atoms with Gasteiger partial charge in [0.25, 0.3) is 0 Å². The minimum Gasteiger partial charge on any atom is -0.347 e. The topological polar surface area (TPSA) is 55.1 Å². The van der Waals surface area contributed by atoms with Gasteiger partial charge in [-0.3, -0.25) is 4.79 Å². The number of carbonyl (C=O) groups excluding carboxylic acids is 1. The van der Waals surface area contributed by atoms with E-state index in [1.807, 2.05) is 54.8 Å². The molecule has 0 spiro atoms. The highest BCUT2D eigenvalue weighted by molar-refractivity contribution is 7.10. The lowest BCUT2D eigenvalue weighted by Gasteiger charge is -2.26. The second-order valence-corrected chi connectivity index (χ2v) is 5.76. The van der Waals surface area contributed by atoms with Gasteiger partial charge < -0.3 is 11.1 Å². The van der Waals surface area contributed by atoms with Gasteiger partial charge in [-0.1, -0.05) is 36.4 Å². The molecule has 0 bridgehead atoms. The predicted octanol–water partition coefficient (Wildman–Crippen LogP) is 2.80. The highest BCUT2D eigenvalue weighted by Gasteiger charge is 2.31.